The molecule has 0 aliphatic carbocycles. The first-order chi connectivity index (χ1) is 18.5. The second-order valence-corrected chi connectivity index (χ2v) is 9.41. The maximum absolute atomic E-state index is 13.9. The lowest BCUT2D eigenvalue weighted by Gasteiger charge is -2.10. The Kier molecular flexibility index (Phi) is 15.3. The molecule has 0 N–H and O–H groups in total. The monoisotopic (exact) mass is 524 g/mol. The van der Waals surface area contributed by atoms with E-state index in [2.05, 4.69) is 12.8 Å². The van der Waals surface area contributed by atoms with Crippen LogP contribution in [0.4, 0.5) is 4.39 Å². The minimum absolute atomic E-state index is 0.255. The van der Waals surface area contributed by atoms with Crippen LogP contribution >= 0.6 is 0 Å². The van der Waals surface area contributed by atoms with Crippen LogP contribution in [0.1, 0.15) is 105 Å². The molecule has 0 spiro atoms. The molecule has 5 nitrogen and oxygen atoms in total. The molecule has 2 aromatic carbocycles. The summed E-state index contributed by atoms with van der Waals surface area (Å²) in [4.78, 5) is 24.6. The maximum Gasteiger partial charge on any atom is 0.343 e. The molecule has 0 saturated carbocycles. The van der Waals surface area contributed by atoms with Gasteiger partial charge in [0, 0.05) is 6.42 Å². The summed E-state index contributed by atoms with van der Waals surface area (Å²) in [7, 11) is 0. The van der Waals surface area contributed by atoms with Gasteiger partial charge < -0.3 is 14.2 Å². The molecule has 0 heterocycles. The SMILES string of the molecule is C#CCCCCCCCCOc1ccc(C(=O)Oc2ccc(C(=O)OCC(F)CCCCCC)cc2)cc1. The minimum atomic E-state index is -1.16. The first kappa shape index (κ1) is 30.9. The van der Waals surface area contributed by atoms with E-state index >= 15 is 0 Å². The number of hydrogen-bond donors (Lipinski definition) is 0. The normalized spacial score (nSPS) is 11.4. The summed E-state index contributed by atoms with van der Waals surface area (Å²) in [6.07, 6.45) is 16.1. The van der Waals surface area contributed by atoms with Crippen molar-refractivity contribution in [2.75, 3.05) is 13.2 Å². The van der Waals surface area contributed by atoms with Gasteiger partial charge in [-0.1, -0.05) is 58.3 Å². The van der Waals surface area contributed by atoms with Gasteiger partial charge in [-0.05, 0) is 67.8 Å². The highest BCUT2D eigenvalue weighted by atomic mass is 19.1. The lowest BCUT2D eigenvalue weighted by atomic mass is 10.1. The van der Waals surface area contributed by atoms with E-state index in [0.717, 1.165) is 51.4 Å². The fourth-order valence-electron chi connectivity index (χ4n) is 3.86. The van der Waals surface area contributed by atoms with Crippen LogP contribution in [-0.2, 0) is 4.74 Å². The molecule has 2 aromatic rings. The Morgan fingerprint density at radius 3 is 2.03 bits per heavy atom. The van der Waals surface area contributed by atoms with Crippen molar-refractivity contribution in [3.8, 4) is 23.8 Å². The van der Waals surface area contributed by atoms with E-state index in [-0.39, 0.29) is 12.2 Å². The van der Waals surface area contributed by atoms with E-state index < -0.39 is 18.1 Å². The van der Waals surface area contributed by atoms with Crippen LogP contribution in [0.5, 0.6) is 11.5 Å². The first-order valence-corrected chi connectivity index (χ1v) is 13.8. The first-order valence-electron chi connectivity index (χ1n) is 13.8. The molecule has 0 radical (unpaired) electrons. The third kappa shape index (κ3) is 12.8. The lowest BCUT2D eigenvalue weighted by Crippen LogP contribution is -2.15. The summed E-state index contributed by atoms with van der Waals surface area (Å²) in [6, 6.07) is 12.8. The number of halogens is 1. The zero-order valence-electron chi connectivity index (χ0n) is 22.6. The van der Waals surface area contributed by atoms with Gasteiger partial charge >= 0.3 is 11.9 Å². The molecule has 1 unspecified atom stereocenters. The Morgan fingerprint density at radius 1 is 0.789 bits per heavy atom. The predicted molar refractivity (Wildman–Crippen MR) is 148 cm³/mol. The van der Waals surface area contributed by atoms with Crippen LogP contribution in [-0.4, -0.2) is 31.3 Å². The number of esters is 2. The number of rotatable bonds is 19. The van der Waals surface area contributed by atoms with Crippen molar-refractivity contribution >= 4 is 11.9 Å². The number of benzene rings is 2. The largest absolute Gasteiger partial charge is 0.494 e. The summed E-state index contributed by atoms with van der Waals surface area (Å²) in [6.45, 7) is 2.48. The highest BCUT2D eigenvalue weighted by Crippen LogP contribution is 2.18. The van der Waals surface area contributed by atoms with Gasteiger partial charge in [-0.25, -0.2) is 14.0 Å². The van der Waals surface area contributed by atoms with Gasteiger partial charge in [0.05, 0.1) is 17.7 Å². The zero-order chi connectivity index (χ0) is 27.4. The maximum atomic E-state index is 13.9. The minimum Gasteiger partial charge on any atom is -0.494 e. The standard InChI is InChI=1S/C32H41FO5/c1-3-5-7-9-10-11-12-14-24-36-29-20-16-27(17-21-29)32(35)38-30-22-18-26(19-23-30)31(34)37-25-28(33)15-13-8-6-4-2/h1,16-23,28H,4-15,24-25H2,2H3. The van der Waals surface area contributed by atoms with Crippen LogP contribution in [0.3, 0.4) is 0 Å². The highest BCUT2D eigenvalue weighted by molar-refractivity contribution is 5.92. The Labute approximate surface area is 227 Å². The third-order valence-corrected chi connectivity index (χ3v) is 6.14. The van der Waals surface area contributed by atoms with Crippen molar-refractivity contribution in [2.45, 2.75) is 90.1 Å². The fourth-order valence-corrected chi connectivity index (χ4v) is 3.86. The topological polar surface area (TPSA) is 61.8 Å². The van der Waals surface area contributed by atoms with Crippen molar-refractivity contribution in [2.24, 2.45) is 0 Å². The molecule has 2 rings (SSSR count). The van der Waals surface area contributed by atoms with Gasteiger partial charge in [-0.3, -0.25) is 0 Å². The Balaban J connectivity index is 1.68. The zero-order valence-corrected chi connectivity index (χ0v) is 22.6. The number of terminal acetylenes is 1. The van der Waals surface area contributed by atoms with Crippen LogP contribution in [0.15, 0.2) is 48.5 Å². The summed E-state index contributed by atoms with van der Waals surface area (Å²) in [5, 5.41) is 0. The van der Waals surface area contributed by atoms with Crippen molar-refractivity contribution < 1.29 is 28.2 Å². The van der Waals surface area contributed by atoms with Crippen molar-refractivity contribution in [3.63, 3.8) is 0 Å². The summed E-state index contributed by atoms with van der Waals surface area (Å²) >= 11 is 0. The van der Waals surface area contributed by atoms with Crippen molar-refractivity contribution in [1.82, 2.24) is 0 Å². The molecule has 0 aliphatic heterocycles. The van der Waals surface area contributed by atoms with E-state index in [1.165, 1.54) is 43.5 Å². The second-order valence-electron chi connectivity index (χ2n) is 9.41. The van der Waals surface area contributed by atoms with Gasteiger partial charge in [0.1, 0.15) is 24.3 Å². The summed E-state index contributed by atoms with van der Waals surface area (Å²) < 4.78 is 30.1. The average Bonchev–Trinajstić information content (AvgIpc) is 2.94. The van der Waals surface area contributed by atoms with Gasteiger partial charge in [0.25, 0.3) is 0 Å². The average molecular weight is 525 g/mol. The molecular formula is C32H41FO5. The number of ether oxygens (including phenoxy) is 3. The third-order valence-electron chi connectivity index (χ3n) is 6.14. The molecule has 0 saturated heterocycles. The number of hydrogen-bond acceptors (Lipinski definition) is 5. The molecule has 38 heavy (non-hydrogen) atoms. The van der Waals surface area contributed by atoms with Gasteiger partial charge in [0.2, 0.25) is 0 Å². The molecule has 1 atom stereocenters. The number of carbonyl (C=O) groups is 2. The Bertz CT molecular complexity index is 978. The molecule has 0 amide bonds. The van der Waals surface area contributed by atoms with Crippen LogP contribution < -0.4 is 9.47 Å². The van der Waals surface area contributed by atoms with Crippen LogP contribution in [0.25, 0.3) is 0 Å². The summed E-state index contributed by atoms with van der Waals surface area (Å²) in [5.74, 6) is 2.55. The molecule has 206 valence electrons. The predicted octanol–water partition coefficient (Wildman–Crippen LogP) is 8.11. The Morgan fingerprint density at radius 2 is 1.37 bits per heavy atom. The van der Waals surface area contributed by atoms with Crippen molar-refractivity contribution in [1.29, 1.82) is 0 Å². The molecular weight excluding hydrogens is 483 g/mol. The van der Waals surface area contributed by atoms with E-state index in [4.69, 9.17) is 20.6 Å². The second kappa shape index (κ2) is 18.8. The van der Waals surface area contributed by atoms with Crippen LogP contribution in [0, 0.1) is 12.3 Å². The molecule has 0 aromatic heterocycles. The lowest BCUT2D eigenvalue weighted by molar-refractivity contribution is 0.0389. The highest BCUT2D eigenvalue weighted by Gasteiger charge is 2.14. The smallest absolute Gasteiger partial charge is 0.343 e. The molecule has 0 fully saturated rings. The van der Waals surface area contributed by atoms with Gasteiger partial charge in [0.15, 0.2) is 0 Å². The molecule has 6 heteroatoms. The van der Waals surface area contributed by atoms with Crippen LogP contribution in [0.2, 0.25) is 0 Å². The van der Waals surface area contributed by atoms with Gasteiger partial charge in [-0.2, -0.15) is 0 Å². The Hall–Kier alpha value is -3.33. The van der Waals surface area contributed by atoms with E-state index in [9.17, 15) is 14.0 Å². The number of carbonyl (C=O) groups excluding carboxylic acids is 2. The number of alkyl halides is 1. The van der Waals surface area contributed by atoms with Gasteiger partial charge in [-0.15, -0.1) is 12.3 Å². The van der Waals surface area contributed by atoms with E-state index in [0.29, 0.717) is 30.1 Å². The van der Waals surface area contributed by atoms with E-state index in [1.807, 2.05) is 0 Å². The molecule has 0 bridgehead atoms. The molecule has 0 aliphatic rings. The summed E-state index contributed by atoms with van der Waals surface area (Å²) in [5.41, 5.74) is 0.661. The number of unbranched alkanes of at least 4 members (excludes halogenated alkanes) is 9. The quantitative estimate of drug-likeness (QED) is 0.0804. The van der Waals surface area contributed by atoms with Crippen molar-refractivity contribution in [3.05, 3.63) is 59.7 Å². The van der Waals surface area contributed by atoms with E-state index in [1.54, 1.807) is 24.3 Å². The fraction of sp³-hybridized carbons (Fsp3) is 0.500.